The summed E-state index contributed by atoms with van der Waals surface area (Å²) in [6.45, 7) is 12.0. The second kappa shape index (κ2) is 17.3. The van der Waals surface area contributed by atoms with E-state index in [0.29, 0.717) is 19.6 Å². The van der Waals surface area contributed by atoms with Crippen LogP contribution in [-0.2, 0) is 19.1 Å². The number of anilines is 2. The number of amides is 2. The van der Waals surface area contributed by atoms with E-state index >= 15 is 0 Å². The molecule has 5 rings (SSSR count). The van der Waals surface area contributed by atoms with E-state index in [-0.39, 0.29) is 35.3 Å². The summed E-state index contributed by atoms with van der Waals surface area (Å²) >= 11 is 1.49. The maximum Gasteiger partial charge on any atom is 0.408 e. The molecule has 0 bridgehead atoms. The first kappa shape index (κ1) is 37.9. The van der Waals surface area contributed by atoms with Crippen LogP contribution in [0.15, 0.2) is 70.8 Å². The number of aromatic nitrogens is 2. The summed E-state index contributed by atoms with van der Waals surface area (Å²) in [4.78, 5) is 49.3. The Hall–Kier alpha value is -4.32. The number of hydrogen-bond acceptors (Lipinski definition) is 10. The highest BCUT2D eigenvalue weighted by molar-refractivity contribution is 7.99. The SMILES string of the molecule is CCOC(=O)C1CC1c1ccc(OCCCCCC(=O)Nc2cccc(Sc3cnc(N4CCC(C)(NC(=O)OC(C)(C)C)CC4)cn3)c2)cc1. The van der Waals surface area contributed by atoms with Gasteiger partial charge in [0.25, 0.3) is 0 Å². The number of carbonyl (C=O) groups is 3. The van der Waals surface area contributed by atoms with Crippen molar-refractivity contribution in [1.29, 1.82) is 0 Å². The van der Waals surface area contributed by atoms with Gasteiger partial charge in [0.2, 0.25) is 5.91 Å². The normalized spacial score (nSPS) is 18.0. The Balaban J connectivity index is 0.970. The first-order chi connectivity index (χ1) is 24.4. The topological polar surface area (TPSA) is 132 Å². The van der Waals surface area contributed by atoms with Gasteiger partial charge in [-0.05, 0) is 115 Å². The van der Waals surface area contributed by atoms with Crippen LogP contribution in [0.1, 0.15) is 91.0 Å². The Morgan fingerprint density at radius 1 is 1.00 bits per heavy atom. The highest BCUT2D eigenvalue weighted by Gasteiger charge is 2.45. The molecule has 3 aromatic rings. The van der Waals surface area contributed by atoms with Gasteiger partial charge in [0.15, 0.2) is 0 Å². The van der Waals surface area contributed by atoms with Gasteiger partial charge in [-0.15, -0.1) is 0 Å². The van der Waals surface area contributed by atoms with Crippen LogP contribution in [0.2, 0.25) is 0 Å². The van der Waals surface area contributed by atoms with Crippen LogP contribution in [0.4, 0.5) is 16.3 Å². The molecule has 51 heavy (non-hydrogen) atoms. The van der Waals surface area contributed by atoms with E-state index in [1.165, 1.54) is 11.8 Å². The number of hydrogen-bond donors (Lipinski definition) is 2. The van der Waals surface area contributed by atoms with Gasteiger partial charge in [-0.3, -0.25) is 9.59 Å². The van der Waals surface area contributed by atoms with Crippen molar-refractivity contribution in [3.63, 3.8) is 0 Å². The van der Waals surface area contributed by atoms with Crippen molar-refractivity contribution in [2.75, 3.05) is 36.5 Å². The number of unbranched alkanes of at least 4 members (excludes halogenated alkanes) is 2. The fraction of sp³-hybridized carbons (Fsp3) is 0.513. The molecule has 2 amide bonds. The molecule has 1 saturated carbocycles. The summed E-state index contributed by atoms with van der Waals surface area (Å²) in [5.41, 5.74) is 1.03. The molecule has 1 aliphatic carbocycles. The lowest BCUT2D eigenvalue weighted by atomic mass is 9.90. The predicted octanol–water partition coefficient (Wildman–Crippen LogP) is 7.76. The van der Waals surface area contributed by atoms with Gasteiger partial charge in [0.05, 0.1) is 31.5 Å². The number of nitrogens with zero attached hydrogens (tertiary/aromatic N) is 3. The van der Waals surface area contributed by atoms with Gasteiger partial charge in [-0.25, -0.2) is 14.8 Å². The van der Waals surface area contributed by atoms with Crippen molar-refractivity contribution in [2.24, 2.45) is 5.92 Å². The lowest BCUT2D eigenvalue weighted by Crippen LogP contribution is -2.54. The molecular formula is C39H51N5O6S. The molecule has 1 saturated heterocycles. The zero-order valence-corrected chi connectivity index (χ0v) is 31.2. The number of carbonyl (C=O) groups excluding carboxylic acids is 3. The van der Waals surface area contributed by atoms with Crippen molar-refractivity contribution < 1.29 is 28.6 Å². The lowest BCUT2D eigenvalue weighted by molar-refractivity contribution is -0.144. The molecule has 11 nitrogen and oxygen atoms in total. The van der Waals surface area contributed by atoms with E-state index in [2.05, 4.69) is 32.4 Å². The van der Waals surface area contributed by atoms with Crippen molar-refractivity contribution in [1.82, 2.24) is 15.3 Å². The monoisotopic (exact) mass is 717 g/mol. The fourth-order valence-electron chi connectivity index (χ4n) is 6.05. The Labute approximate surface area is 305 Å². The zero-order chi connectivity index (χ0) is 36.4. The number of esters is 1. The maximum atomic E-state index is 12.6. The van der Waals surface area contributed by atoms with E-state index in [9.17, 15) is 14.4 Å². The van der Waals surface area contributed by atoms with E-state index in [1.807, 2.05) is 76.2 Å². The average Bonchev–Trinajstić information content (AvgIpc) is 3.88. The molecule has 1 aliphatic heterocycles. The molecule has 12 heteroatoms. The third-order valence-corrected chi connectivity index (χ3v) is 9.86. The molecule has 2 unspecified atom stereocenters. The highest BCUT2D eigenvalue weighted by atomic mass is 32.2. The fourth-order valence-corrected chi connectivity index (χ4v) is 6.83. The minimum atomic E-state index is -0.532. The average molecular weight is 718 g/mol. The molecule has 0 radical (unpaired) electrons. The molecule has 2 atom stereocenters. The molecule has 2 aliphatic rings. The standard InChI is InChI=1S/C39H51N5O6S/c1-6-48-36(46)32-24-31(32)27-14-16-29(17-15-27)49-22-9-7-8-13-34(45)42-28-11-10-12-30(23-28)51-35-26-40-33(25-41-35)44-20-18-39(5,19-21-44)43-37(47)50-38(2,3)4/h10-12,14-17,23,25-26,31-32H,6-9,13,18-22,24H2,1-5H3,(H,42,45)(H,43,47). The quantitative estimate of drug-likeness (QED) is 0.119. The Bertz CT molecular complexity index is 1620. The molecule has 2 fully saturated rings. The minimum Gasteiger partial charge on any atom is -0.494 e. The van der Waals surface area contributed by atoms with E-state index < -0.39 is 5.60 Å². The van der Waals surface area contributed by atoms with Crippen molar-refractivity contribution in [3.8, 4) is 5.75 Å². The number of alkyl carbamates (subject to hydrolysis) is 1. The summed E-state index contributed by atoms with van der Waals surface area (Å²) in [5.74, 6) is 1.73. The summed E-state index contributed by atoms with van der Waals surface area (Å²) in [6.07, 6.45) is 8.53. The van der Waals surface area contributed by atoms with Crippen molar-refractivity contribution in [3.05, 3.63) is 66.5 Å². The van der Waals surface area contributed by atoms with Gasteiger partial charge in [-0.1, -0.05) is 30.0 Å². The van der Waals surface area contributed by atoms with Crippen LogP contribution in [0.5, 0.6) is 5.75 Å². The largest absolute Gasteiger partial charge is 0.494 e. The number of benzene rings is 2. The van der Waals surface area contributed by atoms with Gasteiger partial charge < -0.3 is 29.7 Å². The van der Waals surface area contributed by atoms with Crippen LogP contribution in [0.25, 0.3) is 0 Å². The first-order valence-electron chi connectivity index (χ1n) is 17.9. The van der Waals surface area contributed by atoms with Crippen LogP contribution < -0.4 is 20.3 Å². The second-order valence-corrected chi connectivity index (χ2v) is 15.6. The van der Waals surface area contributed by atoms with E-state index in [4.69, 9.17) is 14.2 Å². The minimum absolute atomic E-state index is 0.0150. The highest BCUT2D eigenvalue weighted by Crippen LogP contribution is 2.48. The summed E-state index contributed by atoms with van der Waals surface area (Å²) < 4.78 is 16.5. The summed E-state index contributed by atoms with van der Waals surface area (Å²) in [6, 6.07) is 15.7. The van der Waals surface area contributed by atoms with Gasteiger partial charge in [0.1, 0.15) is 22.2 Å². The summed E-state index contributed by atoms with van der Waals surface area (Å²) in [5, 5.41) is 6.82. The second-order valence-electron chi connectivity index (χ2n) is 14.5. The lowest BCUT2D eigenvalue weighted by Gasteiger charge is -2.40. The zero-order valence-electron chi connectivity index (χ0n) is 30.4. The third kappa shape index (κ3) is 11.9. The molecule has 2 heterocycles. The Morgan fingerprint density at radius 3 is 2.45 bits per heavy atom. The smallest absolute Gasteiger partial charge is 0.408 e. The predicted molar refractivity (Wildman–Crippen MR) is 198 cm³/mol. The van der Waals surface area contributed by atoms with Gasteiger partial charge in [0, 0.05) is 35.6 Å². The van der Waals surface area contributed by atoms with Crippen LogP contribution in [-0.4, -0.2) is 65.4 Å². The summed E-state index contributed by atoms with van der Waals surface area (Å²) in [7, 11) is 0. The first-order valence-corrected chi connectivity index (χ1v) is 18.8. The number of ether oxygens (including phenoxy) is 3. The molecular weight excluding hydrogens is 667 g/mol. The Morgan fingerprint density at radius 2 is 1.76 bits per heavy atom. The molecule has 1 aromatic heterocycles. The third-order valence-electron chi connectivity index (χ3n) is 8.95. The van der Waals surface area contributed by atoms with Crippen LogP contribution in [0.3, 0.4) is 0 Å². The maximum absolute atomic E-state index is 12.6. The number of nitrogens with one attached hydrogen (secondary N) is 2. The molecule has 274 valence electrons. The van der Waals surface area contributed by atoms with Crippen molar-refractivity contribution >= 4 is 41.2 Å². The van der Waals surface area contributed by atoms with Gasteiger partial charge in [-0.2, -0.15) is 0 Å². The van der Waals surface area contributed by atoms with E-state index in [0.717, 1.165) is 84.4 Å². The van der Waals surface area contributed by atoms with Gasteiger partial charge >= 0.3 is 12.1 Å². The number of rotatable bonds is 15. The molecule has 0 spiro atoms. The van der Waals surface area contributed by atoms with Crippen molar-refractivity contribution in [2.45, 2.75) is 107 Å². The van der Waals surface area contributed by atoms with Crippen LogP contribution in [0, 0.1) is 5.92 Å². The Kier molecular flexibility index (Phi) is 12.8. The van der Waals surface area contributed by atoms with E-state index in [1.54, 1.807) is 12.4 Å². The molecule has 2 N–H and O–H groups in total. The van der Waals surface area contributed by atoms with Crippen LogP contribution >= 0.6 is 11.8 Å². The number of piperidine rings is 1. The molecule has 2 aromatic carbocycles.